The van der Waals surface area contributed by atoms with Gasteiger partial charge in [0.1, 0.15) is 4.90 Å². The van der Waals surface area contributed by atoms with Gasteiger partial charge in [-0.2, -0.15) is 8.42 Å². The average molecular weight is 301 g/mol. The Hall–Kier alpha value is -1.02. The molecule has 0 amide bonds. The Morgan fingerprint density at radius 2 is 1.93 bits per heavy atom. The first-order valence-corrected chi connectivity index (χ1v) is 5.58. The predicted octanol–water partition coefficient (Wildman–Crippen LogP) is 1.94. The Morgan fingerprint density at radius 1 is 1.40 bits per heavy atom. The Labute approximate surface area is 91.9 Å². The molecule has 0 aliphatic heterocycles. The van der Waals surface area contributed by atoms with E-state index in [1.54, 1.807) is 0 Å². The highest BCUT2D eigenvalue weighted by Crippen LogP contribution is 2.25. The average Bonchev–Trinajstić information content (AvgIpc) is 2.06. The Morgan fingerprint density at radius 3 is 2.33 bits per heavy atom. The van der Waals surface area contributed by atoms with Crippen LogP contribution in [-0.2, 0) is 10.2 Å². The van der Waals surface area contributed by atoms with Crippen LogP contribution < -0.4 is 0 Å². The lowest BCUT2D eigenvalue weighted by atomic mass is 10.2. The fourth-order valence-corrected chi connectivity index (χ4v) is 2.10. The monoisotopic (exact) mass is 300 g/mol. The van der Waals surface area contributed by atoms with Crippen LogP contribution in [0.1, 0.15) is 10.4 Å². The number of halogens is 3. The molecule has 0 atom stereocenters. The van der Waals surface area contributed by atoms with E-state index in [4.69, 9.17) is 5.11 Å². The molecule has 15 heavy (non-hydrogen) atoms. The minimum atomic E-state index is -5.28. The molecule has 82 valence electrons. The maximum absolute atomic E-state index is 13.2. The lowest BCUT2D eigenvalue weighted by Crippen LogP contribution is -2.06. The summed E-state index contributed by atoms with van der Waals surface area (Å²) in [6, 6.07) is 1.49. The van der Waals surface area contributed by atoms with Crippen LogP contribution >= 0.6 is 15.9 Å². The van der Waals surface area contributed by atoms with Crippen molar-refractivity contribution >= 4 is 32.1 Å². The highest BCUT2D eigenvalue weighted by atomic mass is 79.9. The van der Waals surface area contributed by atoms with Gasteiger partial charge in [-0.25, -0.2) is 9.18 Å². The van der Waals surface area contributed by atoms with Gasteiger partial charge in [-0.15, -0.1) is 3.89 Å². The highest BCUT2D eigenvalue weighted by Gasteiger charge is 2.24. The largest absolute Gasteiger partial charge is 0.478 e. The van der Waals surface area contributed by atoms with Crippen LogP contribution in [0.25, 0.3) is 0 Å². The van der Waals surface area contributed by atoms with Crippen LogP contribution in [0.4, 0.5) is 8.28 Å². The van der Waals surface area contributed by atoms with E-state index in [0.717, 1.165) is 6.07 Å². The Kier molecular flexibility index (Phi) is 3.10. The van der Waals surface area contributed by atoms with Gasteiger partial charge < -0.3 is 5.11 Å². The summed E-state index contributed by atoms with van der Waals surface area (Å²) >= 11 is 2.75. The number of benzene rings is 1. The molecule has 0 fully saturated rings. The summed E-state index contributed by atoms with van der Waals surface area (Å²) in [5.41, 5.74) is -0.916. The highest BCUT2D eigenvalue weighted by molar-refractivity contribution is 9.10. The van der Waals surface area contributed by atoms with E-state index in [9.17, 15) is 21.5 Å². The predicted molar refractivity (Wildman–Crippen MR) is 49.4 cm³/mol. The van der Waals surface area contributed by atoms with Crippen LogP contribution in [0.2, 0.25) is 0 Å². The molecule has 1 rings (SSSR count). The first-order valence-electron chi connectivity index (χ1n) is 3.40. The van der Waals surface area contributed by atoms with E-state index in [0.29, 0.717) is 6.07 Å². The first-order chi connectivity index (χ1) is 6.73. The zero-order valence-electron chi connectivity index (χ0n) is 6.87. The van der Waals surface area contributed by atoms with Gasteiger partial charge in [0.2, 0.25) is 0 Å². The molecule has 1 aromatic carbocycles. The third-order valence-corrected chi connectivity index (χ3v) is 2.78. The number of aromatic carboxylic acids is 1. The number of rotatable bonds is 2. The topological polar surface area (TPSA) is 71.4 Å². The van der Waals surface area contributed by atoms with Gasteiger partial charge in [0.25, 0.3) is 0 Å². The second-order valence-electron chi connectivity index (χ2n) is 2.51. The molecule has 4 nitrogen and oxygen atoms in total. The number of hydrogen-bond donors (Lipinski definition) is 1. The van der Waals surface area contributed by atoms with Crippen LogP contribution in [0.15, 0.2) is 21.5 Å². The van der Waals surface area contributed by atoms with Gasteiger partial charge >= 0.3 is 16.2 Å². The molecule has 0 aromatic heterocycles. The lowest BCUT2D eigenvalue weighted by molar-refractivity contribution is 0.0691. The van der Waals surface area contributed by atoms with E-state index in [2.05, 4.69) is 15.9 Å². The number of hydrogen-bond acceptors (Lipinski definition) is 3. The maximum atomic E-state index is 13.2. The molecule has 0 aliphatic rings. The smallest absolute Gasteiger partial charge is 0.338 e. The maximum Gasteiger partial charge on any atom is 0.338 e. The van der Waals surface area contributed by atoms with Crippen molar-refractivity contribution in [3.05, 3.63) is 28.0 Å². The molecule has 1 N–H and O–H groups in total. The second-order valence-corrected chi connectivity index (χ2v) is 4.74. The van der Waals surface area contributed by atoms with Crippen molar-refractivity contribution < 1.29 is 26.6 Å². The Bertz CT molecular complexity index is 526. The molecule has 0 heterocycles. The molecular weight excluding hydrogens is 298 g/mol. The van der Waals surface area contributed by atoms with Crippen molar-refractivity contribution in [3.8, 4) is 0 Å². The molecule has 8 heteroatoms. The van der Waals surface area contributed by atoms with Crippen LogP contribution in [0.3, 0.4) is 0 Å². The standard InChI is InChI=1S/C7H3BrF2O4S/c8-3-1-4(7(11)12)6(9)5(2-3)15(10,13)14/h1-2H,(H,11,12). The number of carbonyl (C=O) groups is 1. The molecule has 0 saturated heterocycles. The van der Waals surface area contributed by atoms with Crippen molar-refractivity contribution in [2.45, 2.75) is 4.90 Å². The normalized spacial score (nSPS) is 11.4. The molecule has 0 radical (unpaired) electrons. The third kappa shape index (κ3) is 2.51. The van der Waals surface area contributed by atoms with Gasteiger partial charge in [0, 0.05) is 4.47 Å². The van der Waals surface area contributed by atoms with Gasteiger partial charge in [0.15, 0.2) is 5.82 Å². The lowest BCUT2D eigenvalue weighted by Gasteiger charge is -2.02. The van der Waals surface area contributed by atoms with Crippen molar-refractivity contribution in [1.82, 2.24) is 0 Å². The van der Waals surface area contributed by atoms with Crippen molar-refractivity contribution in [2.75, 3.05) is 0 Å². The fourth-order valence-electron chi connectivity index (χ4n) is 0.897. The number of carboxylic acid groups (broad SMARTS) is 1. The summed E-state index contributed by atoms with van der Waals surface area (Å²) in [7, 11) is -5.28. The molecule has 0 unspecified atom stereocenters. The van der Waals surface area contributed by atoms with E-state index < -0.39 is 32.5 Å². The summed E-state index contributed by atoms with van der Waals surface area (Å²) in [5, 5.41) is 8.50. The van der Waals surface area contributed by atoms with Crippen LogP contribution in [0.5, 0.6) is 0 Å². The molecule has 0 spiro atoms. The summed E-state index contributed by atoms with van der Waals surface area (Å²) < 4.78 is 46.6. The molecule has 1 aromatic rings. The minimum Gasteiger partial charge on any atom is -0.478 e. The van der Waals surface area contributed by atoms with Gasteiger partial charge in [-0.3, -0.25) is 0 Å². The van der Waals surface area contributed by atoms with Crippen LogP contribution in [-0.4, -0.2) is 19.5 Å². The summed E-state index contributed by atoms with van der Waals surface area (Å²) in [6.07, 6.45) is 0. The zero-order valence-corrected chi connectivity index (χ0v) is 9.27. The van der Waals surface area contributed by atoms with Gasteiger partial charge in [-0.1, -0.05) is 15.9 Å². The van der Waals surface area contributed by atoms with Gasteiger partial charge in [-0.05, 0) is 12.1 Å². The summed E-state index contributed by atoms with van der Waals surface area (Å²) in [4.78, 5) is 9.18. The number of carboxylic acids is 1. The second kappa shape index (κ2) is 3.86. The third-order valence-electron chi connectivity index (χ3n) is 1.50. The molecule has 0 bridgehead atoms. The quantitative estimate of drug-likeness (QED) is 0.847. The molecular formula is C7H3BrF2O4S. The van der Waals surface area contributed by atoms with E-state index >= 15 is 0 Å². The first kappa shape index (κ1) is 12.1. The zero-order chi connectivity index (χ0) is 11.8. The van der Waals surface area contributed by atoms with Crippen molar-refractivity contribution in [3.63, 3.8) is 0 Å². The molecule has 0 saturated carbocycles. The fraction of sp³-hybridized carbons (Fsp3) is 0. The van der Waals surface area contributed by atoms with E-state index in [-0.39, 0.29) is 4.47 Å². The van der Waals surface area contributed by atoms with Crippen LogP contribution in [0, 0.1) is 5.82 Å². The van der Waals surface area contributed by atoms with Gasteiger partial charge in [0.05, 0.1) is 5.56 Å². The van der Waals surface area contributed by atoms with E-state index in [1.807, 2.05) is 0 Å². The molecule has 0 aliphatic carbocycles. The van der Waals surface area contributed by atoms with Crippen molar-refractivity contribution in [2.24, 2.45) is 0 Å². The SMILES string of the molecule is O=C(O)c1cc(Br)cc(S(=O)(=O)F)c1F. The summed E-state index contributed by atoms with van der Waals surface area (Å²) in [6.45, 7) is 0. The van der Waals surface area contributed by atoms with Crippen molar-refractivity contribution in [1.29, 1.82) is 0 Å². The Balaban J connectivity index is 3.63. The minimum absolute atomic E-state index is 0.0440. The van der Waals surface area contributed by atoms with E-state index in [1.165, 1.54) is 0 Å². The summed E-state index contributed by atoms with van der Waals surface area (Å²) in [5.74, 6) is -3.30.